The van der Waals surface area contributed by atoms with E-state index in [2.05, 4.69) is 63.0 Å². The molecule has 0 amide bonds. The molecule has 0 aliphatic rings. The average Bonchev–Trinajstić information content (AvgIpc) is 2.71. The van der Waals surface area contributed by atoms with Crippen LogP contribution in [0.5, 0.6) is 0 Å². The zero-order valence-electron chi connectivity index (χ0n) is 12.0. The molecule has 0 aromatic carbocycles. The van der Waals surface area contributed by atoms with E-state index < -0.39 is 0 Å². The van der Waals surface area contributed by atoms with Gasteiger partial charge in [-0.15, -0.1) is 0 Å². The van der Waals surface area contributed by atoms with Crippen LogP contribution in [0.25, 0.3) is 0 Å². The molecule has 2 heteroatoms. The second kappa shape index (κ2) is 6.85. The van der Waals surface area contributed by atoms with Gasteiger partial charge in [0.25, 0.3) is 0 Å². The van der Waals surface area contributed by atoms with E-state index in [1.807, 2.05) is 0 Å². The summed E-state index contributed by atoms with van der Waals surface area (Å²) in [5.41, 5.74) is 1.39. The Morgan fingerprint density at radius 1 is 1.18 bits per heavy atom. The summed E-state index contributed by atoms with van der Waals surface area (Å²) in [6.07, 6.45) is 4.38. The third-order valence-corrected chi connectivity index (χ3v) is 3.60. The van der Waals surface area contributed by atoms with E-state index in [0.29, 0.717) is 0 Å². The Hall–Kier alpha value is -0.760. The Labute approximate surface area is 106 Å². The van der Waals surface area contributed by atoms with Gasteiger partial charge in [-0.2, -0.15) is 0 Å². The Bertz CT molecular complexity index is 304. The standard InChI is InChI=1S/C15H28N2/c1-6-17-8-7-14(11-17)9-16-10-15(12(2)3)13(4)5/h7-8,11-13,15-16H,6,9-10H2,1-5H3. The van der Waals surface area contributed by atoms with Crippen LogP contribution in [-0.4, -0.2) is 11.1 Å². The maximum atomic E-state index is 3.59. The minimum atomic E-state index is 0.753. The fourth-order valence-corrected chi connectivity index (χ4v) is 2.42. The molecule has 0 bridgehead atoms. The summed E-state index contributed by atoms with van der Waals surface area (Å²) in [6, 6.07) is 2.20. The van der Waals surface area contributed by atoms with Crippen LogP contribution in [0.15, 0.2) is 18.5 Å². The van der Waals surface area contributed by atoms with Crippen molar-refractivity contribution in [2.24, 2.45) is 17.8 Å². The van der Waals surface area contributed by atoms with Gasteiger partial charge in [0.05, 0.1) is 0 Å². The number of nitrogens with zero attached hydrogens (tertiary/aromatic N) is 1. The number of aromatic nitrogens is 1. The summed E-state index contributed by atoms with van der Waals surface area (Å²) < 4.78 is 2.22. The van der Waals surface area contributed by atoms with E-state index in [-0.39, 0.29) is 0 Å². The molecule has 1 aromatic heterocycles. The van der Waals surface area contributed by atoms with Crippen LogP contribution in [0.2, 0.25) is 0 Å². The lowest BCUT2D eigenvalue weighted by atomic mass is 9.85. The summed E-state index contributed by atoms with van der Waals surface area (Å²) in [5.74, 6) is 2.27. The smallest absolute Gasteiger partial charge is 0.0220 e. The van der Waals surface area contributed by atoms with E-state index in [0.717, 1.165) is 37.4 Å². The van der Waals surface area contributed by atoms with Gasteiger partial charge in [-0.25, -0.2) is 0 Å². The number of hydrogen-bond donors (Lipinski definition) is 1. The molecule has 0 fully saturated rings. The van der Waals surface area contributed by atoms with E-state index >= 15 is 0 Å². The van der Waals surface area contributed by atoms with Gasteiger partial charge in [-0.1, -0.05) is 27.7 Å². The molecule has 1 N–H and O–H groups in total. The second-order valence-corrected chi connectivity index (χ2v) is 5.63. The van der Waals surface area contributed by atoms with E-state index in [4.69, 9.17) is 0 Å². The third-order valence-electron chi connectivity index (χ3n) is 3.60. The number of rotatable bonds is 7. The number of nitrogens with one attached hydrogen (secondary N) is 1. The van der Waals surface area contributed by atoms with Crippen molar-refractivity contribution >= 4 is 0 Å². The lowest BCUT2D eigenvalue weighted by Crippen LogP contribution is -2.29. The van der Waals surface area contributed by atoms with Gasteiger partial charge in [0.2, 0.25) is 0 Å². The van der Waals surface area contributed by atoms with Crippen LogP contribution < -0.4 is 5.32 Å². The zero-order chi connectivity index (χ0) is 12.8. The summed E-state index contributed by atoms with van der Waals surface area (Å²) in [6.45, 7) is 14.6. The Kier molecular flexibility index (Phi) is 5.76. The lowest BCUT2D eigenvalue weighted by Gasteiger charge is -2.25. The topological polar surface area (TPSA) is 17.0 Å². The SMILES string of the molecule is CCn1ccc(CNCC(C(C)C)C(C)C)c1. The highest BCUT2D eigenvalue weighted by Gasteiger charge is 2.16. The van der Waals surface area contributed by atoms with Crippen LogP contribution in [0, 0.1) is 17.8 Å². The quantitative estimate of drug-likeness (QED) is 0.766. The van der Waals surface area contributed by atoms with Crippen molar-refractivity contribution in [1.82, 2.24) is 9.88 Å². The van der Waals surface area contributed by atoms with Gasteiger partial charge in [0.1, 0.15) is 0 Å². The van der Waals surface area contributed by atoms with Crippen LogP contribution in [-0.2, 0) is 13.1 Å². The first-order chi connectivity index (χ1) is 8.04. The zero-order valence-corrected chi connectivity index (χ0v) is 12.0. The largest absolute Gasteiger partial charge is 0.354 e. The molecule has 1 aromatic rings. The Morgan fingerprint density at radius 2 is 1.82 bits per heavy atom. The molecule has 0 radical (unpaired) electrons. The third kappa shape index (κ3) is 4.55. The van der Waals surface area contributed by atoms with Crippen LogP contribution in [0.4, 0.5) is 0 Å². The van der Waals surface area contributed by atoms with Crippen molar-refractivity contribution in [3.63, 3.8) is 0 Å². The molecule has 0 saturated heterocycles. The minimum Gasteiger partial charge on any atom is -0.354 e. The van der Waals surface area contributed by atoms with Gasteiger partial charge in [-0.3, -0.25) is 0 Å². The van der Waals surface area contributed by atoms with E-state index in [9.17, 15) is 0 Å². The van der Waals surface area contributed by atoms with Gasteiger partial charge in [-0.05, 0) is 42.9 Å². The van der Waals surface area contributed by atoms with Gasteiger partial charge in [0, 0.05) is 25.5 Å². The first-order valence-corrected chi connectivity index (χ1v) is 6.90. The Morgan fingerprint density at radius 3 is 2.29 bits per heavy atom. The van der Waals surface area contributed by atoms with E-state index in [1.54, 1.807) is 0 Å². The molecule has 0 atom stereocenters. The van der Waals surface area contributed by atoms with Gasteiger partial charge < -0.3 is 9.88 Å². The number of hydrogen-bond acceptors (Lipinski definition) is 1. The maximum absolute atomic E-state index is 3.59. The van der Waals surface area contributed by atoms with Crippen LogP contribution in [0.1, 0.15) is 40.2 Å². The highest BCUT2D eigenvalue weighted by molar-refractivity contribution is 5.09. The summed E-state index contributed by atoms with van der Waals surface area (Å²) in [7, 11) is 0. The molecule has 0 saturated carbocycles. The van der Waals surface area contributed by atoms with Crippen molar-refractivity contribution in [3.05, 3.63) is 24.0 Å². The molecule has 1 heterocycles. The summed E-state index contributed by atoms with van der Waals surface area (Å²) in [4.78, 5) is 0. The molecule has 0 unspecified atom stereocenters. The predicted molar refractivity (Wildman–Crippen MR) is 75.0 cm³/mol. The highest BCUT2D eigenvalue weighted by Crippen LogP contribution is 2.19. The molecule has 2 nitrogen and oxygen atoms in total. The van der Waals surface area contributed by atoms with Crippen molar-refractivity contribution < 1.29 is 0 Å². The number of aryl methyl sites for hydroxylation is 1. The molecule has 0 aliphatic carbocycles. The lowest BCUT2D eigenvalue weighted by molar-refractivity contribution is 0.275. The fraction of sp³-hybridized carbons (Fsp3) is 0.733. The van der Waals surface area contributed by atoms with Crippen LogP contribution >= 0.6 is 0 Å². The molecule has 17 heavy (non-hydrogen) atoms. The predicted octanol–water partition coefficient (Wildman–Crippen LogP) is 3.53. The average molecular weight is 236 g/mol. The van der Waals surface area contributed by atoms with Crippen molar-refractivity contribution in [2.75, 3.05) is 6.54 Å². The first-order valence-electron chi connectivity index (χ1n) is 6.90. The van der Waals surface area contributed by atoms with E-state index in [1.165, 1.54) is 5.56 Å². The van der Waals surface area contributed by atoms with Crippen molar-refractivity contribution in [2.45, 2.75) is 47.7 Å². The first kappa shape index (κ1) is 14.3. The normalized spacial score (nSPS) is 12.0. The molecule has 1 rings (SSSR count). The van der Waals surface area contributed by atoms with Crippen LogP contribution in [0.3, 0.4) is 0 Å². The van der Waals surface area contributed by atoms with Gasteiger partial charge in [0.15, 0.2) is 0 Å². The minimum absolute atomic E-state index is 0.753. The van der Waals surface area contributed by atoms with Crippen molar-refractivity contribution in [1.29, 1.82) is 0 Å². The van der Waals surface area contributed by atoms with Crippen molar-refractivity contribution in [3.8, 4) is 0 Å². The monoisotopic (exact) mass is 236 g/mol. The summed E-state index contributed by atoms with van der Waals surface area (Å²) >= 11 is 0. The molecular weight excluding hydrogens is 208 g/mol. The molecule has 0 spiro atoms. The molecule has 0 aliphatic heterocycles. The molecule has 98 valence electrons. The second-order valence-electron chi connectivity index (χ2n) is 5.63. The Balaban J connectivity index is 2.35. The maximum Gasteiger partial charge on any atom is 0.0220 e. The summed E-state index contributed by atoms with van der Waals surface area (Å²) in [5, 5.41) is 3.59. The fourth-order valence-electron chi connectivity index (χ4n) is 2.42. The highest BCUT2D eigenvalue weighted by atomic mass is 14.9. The van der Waals surface area contributed by atoms with Gasteiger partial charge >= 0.3 is 0 Å². The molecular formula is C15H28N2.